The van der Waals surface area contributed by atoms with E-state index in [1.54, 1.807) is 50.4 Å². The zero-order valence-electron chi connectivity index (χ0n) is 17.2. The number of sulfonamides is 1. The molecule has 7 nitrogen and oxygen atoms in total. The number of benzene rings is 2. The van der Waals surface area contributed by atoms with E-state index in [1.165, 1.54) is 12.1 Å². The van der Waals surface area contributed by atoms with Gasteiger partial charge in [0.1, 0.15) is 12.4 Å². The lowest BCUT2D eigenvalue weighted by Crippen LogP contribution is -2.63. The van der Waals surface area contributed by atoms with Crippen LogP contribution in [0.15, 0.2) is 53.4 Å². The summed E-state index contributed by atoms with van der Waals surface area (Å²) in [6.45, 7) is 3.71. The minimum Gasteiger partial charge on any atom is -0.497 e. The van der Waals surface area contributed by atoms with Crippen LogP contribution in [0.1, 0.15) is 30.9 Å². The molecule has 1 amide bonds. The van der Waals surface area contributed by atoms with Gasteiger partial charge in [-0.3, -0.25) is 9.59 Å². The van der Waals surface area contributed by atoms with E-state index in [1.807, 2.05) is 6.92 Å². The van der Waals surface area contributed by atoms with E-state index in [2.05, 4.69) is 0 Å². The maximum absolute atomic E-state index is 13.0. The number of aryl methyl sites for hydroxylation is 1. The number of esters is 1. The molecule has 2 aromatic carbocycles. The summed E-state index contributed by atoms with van der Waals surface area (Å²) in [5.41, 5.74) is 1.69. The van der Waals surface area contributed by atoms with E-state index >= 15 is 0 Å². The van der Waals surface area contributed by atoms with Crippen LogP contribution in [0.25, 0.3) is 0 Å². The average molecular weight is 432 g/mol. The standard InChI is InChI=1S/C22H25NO6S/c1-4-19-20(13-21(24)29-14-16-7-9-17(28-3)10-8-16)23(22(19)25)30(26,27)18-11-5-15(2)6-12-18/h5-12,19-20H,4,13-14H2,1-3H3/t19-,20+/m0/s1. The molecule has 0 radical (unpaired) electrons. The van der Waals surface area contributed by atoms with Gasteiger partial charge in [0.05, 0.1) is 30.4 Å². The SMILES string of the molecule is CC[C@@H]1C(=O)N(S(=O)(=O)c2ccc(C)cc2)[C@@H]1CC(=O)OCc1ccc(OC)cc1. The summed E-state index contributed by atoms with van der Waals surface area (Å²) in [5, 5.41) is 0. The van der Waals surface area contributed by atoms with E-state index in [-0.39, 0.29) is 17.9 Å². The summed E-state index contributed by atoms with van der Waals surface area (Å²) in [5.74, 6) is -0.850. The number of carbonyl (C=O) groups excluding carboxylic acids is 2. The van der Waals surface area contributed by atoms with Crippen molar-refractivity contribution in [2.45, 2.75) is 44.2 Å². The topological polar surface area (TPSA) is 90.0 Å². The van der Waals surface area contributed by atoms with Crippen molar-refractivity contribution >= 4 is 21.9 Å². The van der Waals surface area contributed by atoms with Crippen LogP contribution in [0.2, 0.25) is 0 Å². The zero-order valence-corrected chi connectivity index (χ0v) is 18.0. The number of β-lactam (4-membered cyclic amide) rings is 1. The van der Waals surface area contributed by atoms with Crippen LogP contribution in [0, 0.1) is 12.8 Å². The Morgan fingerprint density at radius 3 is 2.27 bits per heavy atom. The first-order chi connectivity index (χ1) is 14.3. The number of hydrogen-bond donors (Lipinski definition) is 0. The molecule has 0 bridgehead atoms. The van der Waals surface area contributed by atoms with Gasteiger partial charge in [0.25, 0.3) is 10.0 Å². The highest BCUT2D eigenvalue weighted by Gasteiger charge is 2.53. The molecule has 0 N–H and O–H groups in total. The third-order valence-corrected chi connectivity index (χ3v) is 7.09. The van der Waals surface area contributed by atoms with Crippen molar-refractivity contribution in [2.24, 2.45) is 5.92 Å². The summed E-state index contributed by atoms with van der Waals surface area (Å²) < 4.78 is 37.2. The number of rotatable bonds is 8. The Hall–Kier alpha value is -2.87. The van der Waals surface area contributed by atoms with Crippen molar-refractivity contribution in [1.29, 1.82) is 0 Å². The van der Waals surface area contributed by atoms with Gasteiger partial charge in [0, 0.05) is 0 Å². The van der Waals surface area contributed by atoms with Crippen molar-refractivity contribution < 1.29 is 27.5 Å². The van der Waals surface area contributed by atoms with Gasteiger partial charge in [-0.15, -0.1) is 0 Å². The normalized spacial score (nSPS) is 18.6. The number of hydrogen-bond acceptors (Lipinski definition) is 6. The highest BCUT2D eigenvalue weighted by molar-refractivity contribution is 7.89. The third-order valence-electron chi connectivity index (χ3n) is 5.25. The molecule has 3 rings (SSSR count). The molecular formula is C22H25NO6S. The summed E-state index contributed by atoms with van der Waals surface area (Å²) in [6.07, 6.45) is 0.278. The van der Waals surface area contributed by atoms with Crippen LogP contribution in [-0.4, -0.2) is 37.8 Å². The number of nitrogens with zero attached hydrogens (tertiary/aromatic N) is 1. The molecule has 160 valence electrons. The lowest BCUT2D eigenvalue weighted by molar-refractivity contribution is -0.154. The molecule has 0 spiro atoms. The maximum Gasteiger partial charge on any atom is 0.308 e. The molecule has 2 atom stereocenters. The first-order valence-electron chi connectivity index (χ1n) is 9.71. The van der Waals surface area contributed by atoms with Crippen LogP contribution in [0.4, 0.5) is 0 Å². The van der Waals surface area contributed by atoms with Gasteiger partial charge in [-0.2, -0.15) is 0 Å². The molecule has 1 aliphatic heterocycles. The van der Waals surface area contributed by atoms with Crippen LogP contribution >= 0.6 is 0 Å². The summed E-state index contributed by atoms with van der Waals surface area (Å²) in [6, 6.07) is 12.6. The van der Waals surface area contributed by atoms with E-state index in [4.69, 9.17) is 9.47 Å². The van der Waals surface area contributed by atoms with Crippen molar-refractivity contribution in [3.05, 3.63) is 59.7 Å². The van der Waals surface area contributed by atoms with E-state index in [0.29, 0.717) is 12.2 Å². The molecule has 2 aromatic rings. The summed E-state index contributed by atoms with van der Waals surface area (Å²) >= 11 is 0. The van der Waals surface area contributed by atoms with Crippen molar-refractivity contribution in [2.75, 3.05) is 7.11 Å². The van der Waals surface area contributed by atoms with Gasteiger partial charge in [0.15, 0.2) is 0 Å². The van der Waals surface area contributed by atoms with Gasteiger partial charge in [-0.1, -0.05) is 36.8 Å². The predicted octanol–water partition coefficient (Wildman–Crippen LogP) is 3.06. The van der Waals surface area contributed by atoms with Gasteiger partial charge >= 0.3 is 5.97 Å². The molecule has 1 aliphatic rings. The first-order valence-corrected chi connectivity index (χ1v) is 11.2. The monoisotopic (exact) mass is 431 g/mol. The highest BCUT2D eigenvalue weighted by Crippen LogP contribution is 2.37. The van der Waals surface area contributed by atoms with Crippen molar-refractivity contribution in [3.8, 4) is 5.75 Å². The van der Waals surface area contributed by atoms with Crippen LogP contribution < -0.4 is 4.74 Å². The minimum atomic E-state index is -4.02. The minimum absolute atomic E-state index is 0.0348. The Morgan fingerprint density at radius 2 is 1.70 bits per heavy atom. The van der Waals surface area contributed by atoms with Crippen LogP contribution in [0.3, 0.4) is 0 Å². The Balaban J connectivity index is 1.69. The lowest BCUT2D eigenvalue weighted by atomic mass is 9.86. The molecule has 1 saturated heterocycles. The maximum atomic E-state index is 13.0. The Kier molecular flexibility index (Phi) is 6.45. The second-order valence-electron chi connectivity index (χ2n) is 7.25. The van der Waals surface area contributed by atoms with Gasteiger partial charge in [-0.05, 0) is 43.2 Å². The second-order valence-corrected chi connectivity index (χ2v) is 9.06. The van der Waals surface area contributed by atoms with Gasteiger partial charge < -0.3 is 9.47 Å². The third kappa shape index (κ3) is 4.33. The average Bonchev–Trinajstić information content (AvgIpc) is 2.72. The molecule has 8 heteroatoms. The zero-order chi connectivity index (χ0) is 21.9. The lowest BCUT2D eigenvalue weighted by Gasteiger charge is -2.45. The van der Waals surface area contributed by atoms with Crippen molar-refractivity contribution in [3.63, 3.8) is 0 Å². The highest BCUT2D eigenvalue weighted by atomic mass is 32.2. The number of carbonyl (C=O) groups is 2. The fraction of sp³-hybridized carbons (Fsp3) is 0.364. The number of amides is 1. The molecule has 0 saturated carbocycles. The number of methoxy groups -OCH3 is 1. The van der Waals surface area contributed by atoms with E-state index in [0.717, 1.165) is 15.4 Å². The predicted molar refractivity (Wildman–Crippen MR) is 110 cm³/mol. The first kappa shape index (κ1) is 21.8. The van der Waals surface area contributed by atoms with E-state index < -0.39 is 33.9 Å². The Morgan fingerprint density at radius 1 is 1.07 bits per heavy atom. The molecule has 0 aromatic heterocycles. The number of ether oxygens (including phenoxy) is 2. The quantitative estimate of drug-likeness (QED) is 0.471. The molecule has 1 heterocycles. The summed E-state index contributed by atoms with van der Waals surface area (Å²) in [7, 11) is -2.45. The fourth-order valence-corrected chi connectivity index (χ4v) is 5.14. The van der Waals surface area contributed by atoms with Crippen LogP contribution in [-0.2, 0) is 31.0 Å². The molecular weight excluding hydrogens is 406 g/mol. The second kappa shape index (κ2) is 8.87. The largest absolute Gasteiger partial charge is 0.497 e. The van der Waals surface area contributed by atoms with Gasteiger partial charge in [0.2, 0.25) is 5.91 Å². The molecule has 0 unspecified atom stereocenters. The molecule has 1 fully saturated rings. The molecule has 0 aliphatic carbocycles. The van der Waals surface area contributed by atoms with Crippen LogP contribution in [0.5, 0.6) is 5.75 Å². The fourth-order valence-electron chi connectivity index (χ4n) is 3.48. The van der Waals surface area contributed by atoms with Crippen molar-refractivity contribution in [1.82, 2.24) is 4.31 Å². The summed E-state index contributed by atoms with van der Waals surface area (Å²) in [4.78, 5) is 24.9. The Bertz CT molecular complexity index is 1010. The van der Waals surface area contributed by atoms with E-state index in [9.17, 15) is 18.0 Å². The smallest absolute Gasteiger partial charge is 0.308 e. The molecule has 30 heavy (non-hydrogen) atoms. The van der Waals surface area contributed by atoms with Gasteiger partial charge in [-0.25, -0.2) is 12.7 Å². The Labute approximate surface area is 176 Å².